The number of nitrogens with one attached hydrogen (secondary N) is 1. The summed E-state index contributed by atoms with van der Waals surface area (Å²) in [4.78, 5) is 24.7. The van der Waals surface area contributed by atoms with E-state index in [1.165, 1.54) is 4.90 Å². The number of carboxylic acid groups (broad SMARTS) is 1. The lowest BCUT2D eigenvalue weighted by atomic mass is 9.92. The maximum Gasteiger partial charge on any atom is 0.323 e. The normalized spacial score (nSPS) is 23.6. The van der Waals surface area contributed by atoms with Gasteiger partial charge in [-0.1, -0.05) is 13.8 Å². The Morgan fingerprint density at radius 1 is 1.41 bits per heavy atom. The van der Waals surface area contributed by atoms with Gasteiger partial charge in [-0.25, -0.2) is 0 Å². The summed E-state index contributed by atoms with van der Waals surface area (Å²) in [7, 11) is 0. The third-order valence-corrected chi connectivity index (χ3v) is 3.36. The summed E-state index contributed by atoms with van der Waals surface area (Å²) < 4.78 is 0. The van der Waals surface area contributed by atoms with E-state index in [0.29, 0.717) is 13.0 Å². The molecule has 0 spiro atoms. The maximum absolute atomic E-state index is 12.4. The van der Waals surface area contributed by atoms with Crippen molar-refractivity contribution in [2.45, 2.75) is 45.1 Å². The molecule has 1 saturated heterocycles. The van der Waals surface area contributed by atoms with Gasteiger partial charge >= 0.3 is 5.97 Å². The molecule has 17 heavy (non-hydrogen) atoms. The van der Waals surface area contributed by atoms with Crippen LogP contribution in [0.15, 0.2) is 0 Å². The predicted molar refractivity (Wildman–Crippen MR) is 64.8 cm³/mol. The zero-order chi connectivity index (χ0) is 12.9. The fraction of sp³-hybridized carbons (Fsp3) is 0.833. The van der Waals surface area contributed by atoms with Crippen LogP contribution in [-0.4, -0.2) is 47.1 Å². The van der Waals surface area contributed by atoms with E-state index in [1.807, 2.05) is 13.8 Å². The van der Waals surface area contributed by atoms with Gasteiger partial charge in [-0.15, -0.1) is 0 Å². The van der Waals surface area contributed by atoms with Crippen molar-refractivity contribution < 1.29 is 14.7 Å². The molecule has 0 aliphatic carbocycles. The number of nitrogens with zero attached hydrogens (tertiary/aromatic N) is 1. The second-order valence-electron chi connectivity index (χ2n) is 4.59. The molecular formula is C12H22N2O3. The Hall–Kier alpha value is -1.10. The molecule has 0 aromatic rings. The number of hydrogen-bond acceptors (Lipinski definition) is 3. The van der Waals surface area contributed by atoms with E-state index >= 15 is 0 Å². The SMILES string of the molecule is CCCN(CC(=O)O)C(=O)C1(CC)CCCN1. The first-order valence-electron chi connectivity index (χ1n) is 6.32. The summed E-state index contributed by atoms with van der Waals surface area (Å²) in [6.07, 6.45) is 3.28. The molecule has 0 aromatic carbocycles. The average Bonchev–Trinajstić information content (AvgIpc) is 2.76. The van der Waals surface area contributed by atoms with Gasteiger partial charge < -0.3 is 15.3 Å². The molecule has 0 radical (unpaired) electrons. The second-order valence-corrected chi connectivity index (χ2v) is 4.59. The molecular weight excluding hydrogens is 220 g/mol. The van der Waals surface area contributed by atoms with E-state index < -0.39 is 11.5 Å². The summed E-state index contributed by atoms with van der Waals surface area (Å²) in [5.74, 6) is -1.00. The first-order chi connectivity index (χ1) is 8.05. The minimum atomic E-state index is -0.948. The van der Waals surface area contributed by atoms with Gasteiger partial charge in [0, 0.05) is 6.54 Å². The van der Waals surface area contributed by atoms with Gasteiger partial charge in [-0.05, 0) is 32.2 Å². The molecule has 0 saturated carbocycles. The highest BCUT2D eigenvalue weighted by molar-refractivity contribution is 5.89. The highest BCUT2D eigenvalue weighted by Crippen LogP contribution is 2.25. The Kier molecular flexibility index (Phi) is 4.93. The van der Waals surface area contributed by atoms with Crippen LogP contribution in [0.1, 0.15) is 39.5 Å². The van der Waals surface area contributed by atoms with Crippen molar-refractivity contribution in [3.8, 4) is 0 Å². The molecule has 1 heterocycles. The third-order valence-electron chi connectivity index (χ3n) is 3.36. The Morgan fingerprint density at radius 2 is 2.12 bits per heavy atom. The van der Waals surface area contributed by atoms with Gasteiger partial charge in [-0.2, -0.15) is 0 Å². The molecule has 1 unspecified atom stereocenters. The fourth-order valence-corrected chi connectivity index (χ4v) is 2.43. The number of aliphatic carboxylic acids is 1. The molecule has 1 rings (SSSR count). The summed E-state index contributed by atoms with van der Waals surface area (Å²) in [6, 6.07) is 0. The van der Waals surface area contributed by atoms with Crippen molar-refractivity contribution in [2.24, 2.45) is 0 Å². The van der Waals surface area contributed by atoms with Gasteiger partial charge in [0.25, 0.3) is 0 Å². The van der Waals surface area contributed by atoms with Gasteiger partial charge in [0.2, 0.25) is 5.91 Å². The van der Waals surface area contributed by atoms with Crippen molar-refractivity contribution in [2.75, 3.05) is 19.6 Å². The van der Waals surface area contributed by atoms with Gasteiger partial charge in [0.05, 0.1) is 5.54 Å². The minimum absolute atomic E-state index is 0.0539. The lowest BCUT2D eigenvalue weighted by molar-refractivity contribution is -0.147. The van der Waals surface area contributed by atoms with Crippen molar-refractivity contribution >= 4 is 11.9 Å². The third kappa shape index (κ3) is 3.19. The quantitative estimate of drug-likeness (QED) is 0.724. The lowest BCUT2D eigenvalue weighted by Crippen LogP contribution is -2.55. The second kappa shape index (κ2) is 6.00. The van der Waals surface area contributed by atoms with Gasteiger partial charge in [0.1, 0.15) is 6.54 Å². The van der Waals surface area contributed by atoms with E-state index in [4.69, 9.17) is 5.11 Å². The summed E-state index contributed by atoms with van der Waals surface area (Å²) >= 11 is 0. The zero-order valence-corrected chi connectivity index (χ0v) is 10.7. The van der Waals surface area contributed by atoms with Crippen molar-refractivity contribution in [1.82, 2.24) is 10.2 Å². The molecule has 1 fully saturated rings. The molecule has 2 N–H and O–H groups in total. The highest BCUT2D eigenvalue weighted by atomic mass is 16.4. The number of carboxylic acids is 1. The van der Waals surface area contributed by atoms with Crippen LogP contribution >= 0.6 is 0 Å². The van der Waals surface area contributed by atoms with E-state index in [1.54, 1.807) is 0 Å². The van der Waals surface area contributed by atoms with Crippen LogP contribution in [-0.2, 0) is 9.59 Å². The zero-order valence-electron chi connectivity index (χ0n) is 10.7. The number of hydrogen-bond donors (Lipinski definition) is 2. The van der Waals surface area contributed by atoms with Crippen LogP contribution in [0.4, 0.5) is 0 Å². The first-order valence-corrected chi connectivity index (χ1v) is 6.32. The molecule has 1 amide bonds. The van der Waals surface area contributed by atoms with Gasteiger partial charge in [-0.3, -0.25) is 9.59 Å². The first kappa shape index (κ1) is 14.0. The van der Waals surface area contributed by atoms with Crippen LogP contribution in [0, 0.1) is 0 Å². The molecule has 0 bridgehead atoms. The molecule has 1 aliphatic rings. The van der Waals surface area contributed by atoms with Crippen LogP contribution in [0.25, 0.3) is 0 Å². The standard InChI is InChI=1S/C12H22N2O3/c1-3-8-14(9-10(15)16)11(17)12(4-2)6-5-7-13-12/h13H,3-9H2,1-2H3,(H,15,16). The Balaban J connectivity index is 2.77. The monoisotopic (exact) mass is 242 g/mol. The highest BCUT2D eigenvalue weighted by Gasteiger charge is 2.41. The molecule has 5 nitrogen and oxygen atoms in total. The van der Waals surface area contributed by atoms with E-state index in [2.05, 4.69) is 5.32 Å². The smallest absolute Gasteiger partial charge is 0.323 e. The topological polar surface area (TPSA) is 69.6 Å². The molecule has 98 valence electrons. The van der Waals surface area contributed by atoms with Crippen LogP contribution in [0.5, 0.6) is 0 Å². The molecule has 0 aromatic heterocycles. The lowest BCUT2D eigenvalue weighted by Gasteiger charge is -2.33. The van der Waals surface area contributed by atoms with Crippen molar-refractivity contribution in [3.05, 3.63) is 0 Å². The fourth-order valence-electron chi connectivity index (χ4n) is 2.43. The minimum Gasteiger partial charge on any atom is -0.480 e. The number of amides is 1. The summed E-state index contributed by atoms with van der Waals surface area (Å²) in [5, 5.41) is 12.1. The van der Waals surface area contributed by atoms with Crippen molar-refractivity contribution in [3.63, 3.8) is 0 Å². The molecule has 1 atom stereocenters. The van der Waals surface area contributed by atoms with Crippen LogP contribution < -0.4 is 5.32 Å². The predicted octanol–water partition coefficient (Wildman–Crippen LogP) is 0.842. The number of carbonyl (C=O) groups is 2. The Bertz CT molecular complexity index is 285. The average molecular weight is 242 g/mol. The van der Waals surface area contributed by atoms with E-state index in [9.17, 15) is 9.59 Å². The van der Waals surface area contributed by atoms with E-state index in [0.717, 1.165) is 25.8 Å². The Labute approximate surface area is 102 Å². The Morgan fingerprint density at radius 3 is 2.53 bits per heavy atom. The number of carbonyl (C=O) groups excluding carboxylic acids is 1. The van der Waals surface area contributed by atoms with Crippen LogP contribution in [0.3, 0.4) is 0 Å². The summed E-state index contributed by atoms with van der Waals surface area (Å²) in [6.45, 7) is 5.07. The van der Waals surface area contributed by atoms with E-state index in [-0.39, 0.29) is 12.5 Å². The molecule has 5 heteroatoms. The van der Waals surface area contributed by atoms with Crippen LogP contribution in [0.2, 0.25) is 0 Å². The maximum atomic E-state index is 12.4. The largest absolute Gasteiger partial charge is 0.480 e. The number of rotatable bonds is 6. The summed E-state index contributed by atoms with van der Waals surface area (Å²) in [5.41, 5.74) is -0.523. The van der Waals surface area contributed by atoms with Gasteiger partial charge in [0.15, 0.2) is 0 Å². The molecule has 1 aliphatic heterocycles. The van der Waals surface area contributed by atoms with Crippen molar-refractivity contribution in [1.29, 1.82) is 0 Å².